The Morgan fingerprint density at radius 3 is 2.56 bits per heavy atom. The number of benzene rings is 1. The van der Waals surface area contributed by atoms with E-state index in [-0.39, 0.29) is 6.61 Å². The third-order valence-corrected chi connectivity index (χ3v) is 5.02. The number of carbonyl (C=O) groups excluding carboxylic acids is 1. The van der Waals surface area contributed by atoms with E-state index in [0.29, 0.717) is 16.7 Å². The van der Waals surface area contributed by atoms with Crippen molar-refractivity contribution in [3.63, 3.8) is 0 Å². The van der Waals surface area contributed by atoms with Crippen LogP contribution in [0.1, 0.15) is 48.0 Å². The zero-order chi connectivity index (χ0) is 23.5. The SMILES string of the molecule is CC(C)C[C@@](C)(COc1ccc(-c2ccnc3ccnn23)cc1Cl)NC(=O)OC(C)(C)C. The third kappa shape index (κ3) is 6.13. The van der Waals surface area contributed by atoms with Crippen molar-refractivity contribution in [2.24, 2.45) is 5.92 Å². The third-order valence-electron chi connectivity index (χ3n) is 4.73. The van der Waals surface area contributed by atoms with Crippen LogP contribution < -0.4 is 10.1 Å². The molecular weight excluding hydrogens is 428 g/mol. The van der Waals surface area contributed by atoms with E-state index in [1.165, 1.54) is 0 Å². The summed E-state index contributed by atoms with van der Waals surface area (Å²) in [5, 5.41) is 7.78. The van der Waals surface area contributed by atoms with E-state index in [0.717, 1.165) is 23.3 Å². The predicted molar refractivity (Wildman–Crippen MR) is 126 cm³/mol. The van der Waals surface area contributed by atoms with Gasteiger partial charge in [0, 0.05) is 17.8 Å². The maximum absolute atomic E-state index is 12.4. The molecule has 32 heavy (non-hydrogen) atoms. The quantitative estimate of drug-likeness (QED) is 0.487. The number of hydrogen-bond donors (Lipinski definition) is 1. The highest BCUT2D eigenvalue weighted by molar-refractivity contribution is 6.32. The first-order chi connectivity index (χ1) is 15.0. The van der Waals surface area contributed by atoms with E-state index in [2.05, 4.69) is 29.2 Å². The molecule has 0 saturated carbocycles. The van der Waals surface area contributed by atoms with E-state index in [4.69, 9.17) is 21.1 Å². The lowest BCUT2D eigenvalue weighted by molar-refractivity contribution is 0.0408. The molecule has 0 bridgehead atoms. The van der Waals surface area contributed by atoms with Gasteiger partial charge in [-0.2, -0.15) is 5.10 Å². The number of amides is 1. The highest BCUT2D eigenvalue weighted by atomic mass is 35.5. The molecule has 1 amide bonds. The molecule has 0 aliphatic heterocycles. The molecule has 2 aromatic heterocycles. The van der Waals surface area contributed by atoms with E-state index in [1.807, 2.05) is 58.0 Å². The summed E-state index contributed by atoms with van der Waals surface area (Å²) in [6.45, 7) is 11.9. The standard InChI is InChI=1S/C24H31ClN4O3/c1-16(2)14-24(6,28-22(30)32-23(3,4)5)15-31-20-8-7-17(13-18(20)25)19-9-11-26-21-10-12-27-29(19)21/h7-13,16H,14-15H2,1-6H3,(H,28,30)/t24-/m0/s1. The van der Waals surface area contributed by atoms with Crippen LogP contribution in [0.3, 0.4) is 0 Å². The molecule has 1 atom stereocenters. The molecule has 172 valence electrons. The first-order valence-corrected chi connectivity index (χ1v) is 11.1. The molecule has 1 aromatic carbocycles. The normalized spacial score (nSPS) is 13.8. The molecule has 0 aliphatic carbocycles. The first-order valence-electron chi connectivity index (χ1n) is 10.7. The maximum atomic E-state index is 12.4. The van der Waals surface area contributed by atoms with Gasteiger partial charge >= 0.3 is 6.09 Å². The van der Waals surface area contributed by atoms with Gasteiger partial charge in [-0.15, -0.1) is 0 Å². The minimum Gasteiger partial charge on any atom is -0.490 e. The van der Waals surface area contributed by atoms with E-state index >= 15 is 0 Å². The van der Waals surface area contributed by atoms with Gasteiger partial charge in [-0.05, 0) is 64.3 Å². The van der Waals surface area contributed by atoms with Crippen LogP contribution in [0.15, 0.2) is 42.7 Å². The summed E-state index contributed by atoms with van der Waals surface area (Å²) < 4.78 is 13.3. The summed E-state index contributed by atoms with van der Waals surface area (Å²) in [5.41, 5.74) is 1.34. The average molecular weight is 459 g/mol. The molecule has 2 heterocycles. The topological polar surface area (TPSA) is 77.8 Å². The summed E-state index contributed by atoms with van der Waals surface area (Å²) in [6, 6.07) is 9.33. The van der Waals surface area contributed by atoms with E-state index < -0.39 is 17.2 Å². The van der Waals surface area contributed by atoms with Crippen molar-refractivity contribution < 1.29 is 14.3 Å². The Morgan fingerprint density at radius 2 is 1.91 bits per heavy atom. The van der Waals surface area contributed by atoms with Crippen molar-refractivity contribution in [3.8, 4) is 17.0 Å². The van der Waals surface area contributed by atoms with Crippen molar-refractivity contribution in [2.75, 3.05) is 6.61 Å². The van der Waals surface area contributed by atoms with Gasteiger partial charge in [0.1, 0.15) is 18.0 Å². The number of alkyl carbamates (subject to hydrolysis) is 1. The van der Waals surface area contributed by atoms with Gasteiger partial charge in [-0.3, -0.25) is 0 Å². The largest absolute Gasteiger partial charge is 0.490 e. The van der Waals surface area contributed by atoms with Gasteiger partial charge in [0.05, 0.1) is 22.5 Å². The highest BCUT2D eigenvalue weighted by Gasteiger charge is 2.31. The fourth-order valence-corrected chi connectivity index (χ4v) is 3.90. The average Bonchev–Trinajstić information content (AvgIpc) is 3.13. The molecule has 8 heteroatoms. The number of hydrogen-bond acceptors (Lipinski definition) is 5. The number of nitrogens with zero attached hydrogens (tertiary/aromatic N) is 3. The van der Waals surface area contributed by atoms with Gasteiger partial charge in [0.25, 0.3) is 0 Å². The lowest BCUT2D eigenvalue weighted by atomic mass is 9.91. The molecule has 0 saturated heterocycles. The Hall–Kier alpha value is -2.80. The monoisotopic (exact) mass is 458 g/mol. The lowest BCUT2D eigenvalue weighted by Gasteiger charge is -2.33. The molecule has 0 unspecified atom stereocenters. The first kappa shape index (κ1) is 23.9. The second-order valence-electron chi connectivity index (χ2n) is 9.65. The van der Waals surface area contributed by atoms with Crippen LogP contribution in [-0.4, -0.2) is 38.4 Å². The number of carbonyl (C=O) groups is 1. The van der Waals surface area contributed by atoms with Gasteiger partial charge in [-0.1, -0.05) is 25.4 Å². The van der Waals surface area contributed by atoms with Crippen molar-refractivity contribution in [1.82, 2.24) is 19.9 Å². The Labute approximate surface area is 194 Å². The Kier molecular flexibility index (Phi) is 6.98. The van der Waals surface area contributed by atoms with E-state index in [9.17, 15) is 4.79 Å². The number of halogens is 1. The fourth-order valence-electron chi connectivity index (χ4n) is 3.66. The Bertz CT molecular complexity index is 1090. The fraction of sp³-hybridized carbons (Fsp3) is 0.458. The second kappa shape index (κ2) is 9.36. The van der Waals surface area contributed by atoms with Gasteiger partial charge in [-0.25, -0.2) is 14.3 Å². The molecule has 0 radical (unpaired) electrons. The van der Waals surface area contributed by atoms with Crippen molar-refractivity contribution in [3.05, 3.63) is 47.7 Å². The Balaban J connectivity index is 1.76. The number of aromatic nitrogens is 3. The molecule has 3 rings (SSSR count). The predicted octanol–water partition coefficient (Wildman–Crippen LogP) is 5.76. The summed E-state index contributed by atoms with van der Waals surface area (Å²) in [7, 11) is 0. The number of ether oxygens (including phenoxy) is 2. The van der Waals surface area contributed by atoms with Crippen molar-refractivity contribution in [2.45, 2.75) is 59.1 Å². The summed E-state index contributed by atoms with van der Waals surface area (Å²) >= 11 is 6.55. The minimum absolute atomic E-state index is 0.252. The second-order valence-corrected chi connectivity index (χ2v) is 10.1. The lowest BCUT2D eigenvalue weighted by Crippen LogP contribution is -2.52. The minimum atomic E-state index is -0.620. The molecule has 0 spiro atoms. The Morgan fingerprint density at radius 1 is 1.16 bits per heavy atom. The van der Waals surface area contributed by atoms with Crippen LogP contribution in [0.5, 0.6) is 5.75 Å². The molecular formula is C24H31ClN4O3. The zero-order valence-electron chi connectivity index (χ0n) is 19.5. The van der Waals surface area contributed by atoms with Crippen molar-refractivity contribution >= 4 is 23.3 Å². The van der Waals surface area contributed by atoms with Crippen LogP contribution in [0, 0.1) is 5.92 Å². The van der Waals surface area contributed by atoms with Gasteiger partial charge < -0.3 is 14.8 Å². The van der Waals surface area contributed by atoms with Crippen LogP contribution >= 0.6 is 11.6 Å². The number of rotatable bonds is 7. The number of fused-ring (bicyclic) bond motifs is 1. The smallest absolute Gasteiger partial charge is 0.408 e. The van der Waals surface area contributed by atoms with Crippen LogP contribution in [0.2, 0.25) is 5.02 Å². The molecule has 0 fully saturated rings. The molecule has 1 N–H and O–H groups in total. The highest BCUT2D eigenvalue weighted by Crippen LogP contribution is 2.31. The zero-order valence-corrected chi connectivity index (χ0v) is 20.2. The van der Waals surface area contributed by atoms with E-state index in [1.54, 1.807) is 16.9 Å². The van der Waals surface area contributed by atoms with Crippen LogP contribution in [0.25, 0.3) is 16.9 Å². The van der Waals surface area contributed by atoms with Crippen LogP contribution in [0.4, 0.5) is 4.79 Å². The van der Waals surface area contributed by atoms with Crippen molar-refractivity contribution in [1.29, 1.82) is 0 Å². The summed E-state index contributed by atoms with van der Waals surface area (Å²) in [6.07, 6.45) is 3.70. The molecule has 3 aromatic rings. The van der Waals surface area contributed by atoms with Gasteiger partial charge in [0.15, 0.2) is 5.65 Å². The van der Waals surface area contributed by atoms with Gasteiger partial charge in [0.2, 0.25) is 0 Å². The maximum Gasteiger partial charge on any atom is 0.408 e. The summed E-state index contributed by atoms with van der Waals surface area (Å²) in [4.78, 5) is 16.7. The molecule has 7 nitrogen and oxygen atoms in total. The molecule has 0 aliphatic rings. The summed E-state index contributed by atoms with van der Waals surface area (Å²) in [5.74, 6) is 0.890. The van der Waals surface area contributed by atoms with Crippen LogP contribution in [-0.2, 0) is 4.74 Å². The number of nitrogens with one attached hydrogen (secondary N) is 1.